The largest absolute Gasteiger partial charge is 0.314 e. The Bertz CT molecular complexity index is 399. The van der Waals surface area contributed by atoms with E-state index in [-0.39, 0.29) is 0 Å². The number of hydrogen-bond donors (Lipinski definition) is 1. The zero-order chi connectivity index (χ0) is 13.8. The monoisotopic (exact) mass is 259 g/mol. The minimum absolute atomic E-state index is 0.774. The molecule has 0 radical (unpaired) electrons. The molecule has 1 fully saturated rings. The van der Waals surface area contributed by atoms with E-state index in [0.717, 1.165) is 12.0 Å². The first kappa shape index (κ1) is 14.6. The fourth-order valence-electron chi connectivity index (χ4n) is 3.61. The van der Waals surface area contributed by atoms with Gasteiger partial charge < -0.3 is 5.32 Å². The molecule has 0 aromatic heterocycles. The molecular weight excluding hydrogens is 230 g/mol. The third kappa shape index (κ3) is 3.82. The standard InChI is InChI=1S/C18H29N/c1-5-8-19-17-7-6-16(11-17)12-18-14(3)9-13(2)10-15(18)4/h9-10,16-17,19H,5-8,11-12H2,1-4H3. The molecule has 0 aliphatic heterocycles. The zero-order valence-corrected chi connectivity index (χ0v) is 13.1. The lowest BCUT2D eigenvalue weighted by Gasteiger charge is -2.16. The van der Waals surface area contributed by atoms with Crippen LogP contribution >= 0.6 is 0 Å². The van der Waals surface area contributed by atoms with Crippen LogP contribution in [0.3, 0.4) is 0 Å². The SMILES string of the molecule is CCCNC1CCC(Cc2c(C)cc(C)cc2C)C1. The third-order valence-corrected chi connectivity index (χ3v) is 4.56. The van der Waals surface area contributed by atoms with Gasteiger partial charge in [-0.2, -0.15) is 0 Å². The molecule has 2 rings (SSSR count). The maximum absolute atomic E-state index is 3.69. The van der Waals surface area contributed by atoms with E-state index in [4.69, 9.17) is 0 Å². The second kappa shape index (κ2) is 6.56. The Kier molecular flexibility index (Phi) is 5.04. The lowest BCUT2D eigenvalue weighted by Crippen LogP contribution is -2.27. The molecule has 106 valence electrons. The van der Waals surface area contributed by atoms with Gasteiger partial charge in [0.05, 0.1) is 0 Å². The molecule has 1 N–H and O–H groups in total. The van der Waals surface area contributed by atoms with Gasteiger partial charge in [-0.25, -0.2) is 0 Å². The summed E-state index contributed by atoms with van der Waals surface area (Å²) in [4.78, 5) is 0. The molecule has 0 spiro atoms. The molecule has 1 aromatic rings. The van der Waals surface area contributed by atoms with Gasteiger partial charge >= 0.3 is 0 Å². The number of benzene rings is 1. The van der Waals surface area contributed by atoms with Crippen LogP contribution in [0.5, 0.6) is 0 Å². The van der Waals surface area contributed by atoms with Crippen LogP contribution in [0.4, 0.5) is 0 Å². The van der Waals surface area contributed by atoms with Crippen LogP contribution in [0.2, 0.25) is 0 Å². The van der Waals surface area contributed by atoms with Crippen LogP contribution in [0, 0.1) is 26.7 Å². The van der Waals surface area contributed by atoms with Gasteiger partial charge in [-0.15, -0.1) is 0 Å². The van der Waals surface area contributed by atoms with Crippen molar-refractivity contribution in [2.75, 3.05) is 6.54 Å². The summed E-state index contributed by atoms with van der Waals surface area (Å²) < 4.78 is 0. The molecule has 0 amide bonds. The van der Waals surface area contributed by atoms with E-state index in [9.17, 15) is 0 Å². The lowest BCUT2D eigenvalue weighted by molar-refractivity contribution is 0.483. The van der Waals surface area contributed by atoms with Gasteiger partial charge in [-0.3, -0.25) is 0 Å². The summed E-state index contributed by atoms with van der Waals surface area (Å²) >= 11 is 0. The predicted molar refractivity (Wildman–Crippen MR) is 83.8 cm³/mol. The number of hydrogen-bond acceptors (Lipinski definition) is 1. The Morgan fingerprint density at radius 3 is 2.42 bits per heavy atom. The summed E-state index contributed by atoms with van der Waals surface area (Å²) in [5.41, 5.74) is 5.98. The van der Waals surface area contributed by atoms with E-state index in [1.54, 1.807) is 5.56 Å². The van der Waals surface area contributed by atoms with E-state index in [0.29, 0.717) is 0 Å². The Balaban J connectivity index is 1.96. The van der Waals surface area contributed by atoms with E-state index < -0.39 is 0 Å². The molecule has 0 saturated heterocycles. The topological polar surface area (TPSA) is 12.0 Å². The molecule has 1 nitrogen and oxygen atoms in total. The molecule has 1 aromatic carbocycles. The highest BCUT2D eigenvalue weighted by atomic mass is 14.9. The van der Waals surface area contributed by atoms with Crippen molar-refractivity contribution in [2.24, 2.45) is 5.92 Å². The fourth-order valence-corrected chi connectivity index (χ4v) is 3.61. The van der Waals surface area contributed by atoms with Gasteiger partial charge in [-0.05, 0) is 82.0 Å². The summed E-state index contributed by atoms with van der Waals surface area (Å²) in [6, 6.07) is 5.45. The Hall–Kier alpha value is -0.820. The van der Waals surface area contributed by atoms with Gasteiger partial charge in [0, 0.05) is 6.04 Å². The molecule has 1 saturated carbocycles. The van der Waals surface area contributed by atoms with Crippen molar-refractivity contribution in [1.29, 1.82) is 0 Å². The van der Waals surface area contributed by atoms with Crippen molar-refractivity contribution in [3.8, 4) is 0 Å². The van der Waals surface area contributed by atoms with E-state index in [1.807, 2.05) is 0 Å². The molecule has 0 bridgehead atoms. The average molecular weight is 259 g/mol. The van der Waals surface area contributed by atoms with Crippen molar-refractivity contribution in [1.82, 2.24) is 5.32 Å². The van der Waals surface area contributed by atoms with Gasteiger partial charge in [-0.1, -0.05) is 24.6 Å². The van der Waals surface area contributed by atoms with E-state index >= 15 is 0 Å². The fraction of sp³-hybridized carbons (Fsp3) is 0.667. The van der Waals surface area contributed by atoms with Crippen LogP contribution in [-0.2, 0) is 6.42 Å². The van der Waals surface area contributed by atoms with Gasteiger partial charge in [0.2, 0.25) is 0 Å². The van der Waals surface area contributed by atoms with Gasteiger partial charge in [0.15, 0.2) is 0 Å². The molecule has 0 heterocycles. The highest BCUT2D eigenvalue weighted by Crippen LogP contribution is 2.31. The predicted octanol–water partition coefficient (Wildman–Crippen LogP) is 4.32. The van der Waals surface area contributed by atoms with E-state index in [1.165, 1.54) is 55.3 Å². The second-order valence-electron chi connectivity index (χ2n) is 6.41. The lowest BCUT2D eigenvalue weighted by atomic mass is 9.90. The summed E-state index contributed by atoms with van der Waals surface area (Å²) in [5.74, 6) is 0.884. The van der Waals surface area contributed by atoms with Crippen molar-refractivity contribution in [3.63, 3.8) is 0 Å². The second-order valence-corrected chi connectivity index (χ2v) is 6.41. The summed E-state index contributed by atoms with van der Waals surface area (Å²) in [6.45, 7) is 10.2. The average Bonchev–Trinajstić information content (AvgIpc) is 2.79. The van der Waals surface area contributed by atoms with Crippen LogP contribution in [0.25, 0.3) is 0 Å². The van der Waals surface area contributed by atoms with Crippen LogP contribution in [0.15, 0.2) is 12.1 Å². The quantitative estimate of drug-likeness (QED) is 0.830. The smallest absolute Gasteiger partial charge is 0.00699 e. The zero-order valence-electron chi connectivity index (χ0n) is 13.1. The van der Waals surface area contributed by atoms with Crippen LogP contribution < -0.4 is 5.32 Å². The highest BCUT2D eigenvalue weighted by molar-refractivity contribution is 5.37. The minimum atomic E-state index is 0.774. The molecule has 1 heteroatoms. The first-order valence-electron chi connectivity index (χ1n) is 7.90. The number of rotatable bonds is 5. The highest BCUT2D eigenvalue weighted by Gasteiger charge is 2.24. The Morgan fingerprint density at radius 2 is 1.79 bits per heavy atom. The molecular formula is C18H29N. The molecule has 19 heavy (non-hydrogen) atoms. The van der Waals surface area contributed by atoms with Crippen LogP contribution in [-0.4, -0.2) is 12.6 Å². The van der Waals surface area contributed by atoms with E-state index in [2.05, 4.69) is 45.1 Å². The summed E-state index contributed by atoms with van der Waals surface area (Å²) in [6.07, 6.45) is 6.66. The molecule has 1 aliphatic carbocycles. The van der Waals surface area contributed by atoms with Crippen molar-refractivity contribution < 1.29 is 0 Å². The first-order valence-corrected chi connectivity index (χ1v) is 7.90. The van der Waals surface area contributed by atoms with Crippen molar-refractivity contribution in [3.05, 3.63) is 34.4 Å². The maximum atomic E-state index is 3.69. The Labute approximate surface area is 118 Å². The number of nitrogens with one attached hydrogen (secondary N) is 1. The van der Waals surface area contributed by atoms with Gasteiger partial charge in [0.1, 0.15) is 0 Å². The first-order chi connectivity index (χ1) is 9.10. The summed E-state index contributed by atoms with van der Waals surface area (Å²) in [5, 5.41) is 3.69. The summed E-state index contributed by atoms with van der Waals surface area (Å²) in [7, 11) is 0. The Morgan fingerprint density at radius 1 is 1.11 bits per heavy atom. The van der Waals surface area contributed by atoms with Crippen molar-refractivity contribution in [2.45, 2.75) is 65.8 Å². The third-order valence-electron chi connectivity index (χ3n) is 4.56. The maximum Gasteiger partial charge on any atom is 0.00699 e. The van der Waals surface area contributed by atoms with Crippen molar-refractivity contribution >= 4 is 0 Å². The normalized spacial score (nSPS) is 22.9. The number of aryl methyl sites for hydroxylation is 3. The molecule has 1 aliphatic rings. The molecule has 2 atom stereocenters. The van der Waals surface area contributed by atoms with Gasteiger partial charge in [0.25, 0.3) is 0 Å². The molecule has 2 unspecified atom stereocenters. The van der Waals surface area contributed by atoms with Crippen LogP contribution in [0.1, 0.15) is 54.9 Å². The minimum Gasteiger partial charge on any atom is -0.314 e.